The third-order valence-electron chi connectivity index (χ3n) is 4.43. The van der Waals surface area contributed by atoms with Gasteiger partial charge in [-0.2, -0.15) is 0 Å². The molecule has 0 unspecified atom stereocenters. The molecule has 1 aliphatic rings. The Morgan fingerprint density at radius 3 is 2.63 bits per heavy atom. The lowest BCUT2D eigenvalue weighted by Crippen LogP contribution is -2.37. The summed E-state index contributed by atoms with van der Waals surface area (Å²) in [7, 11) is 0. The minimum atomic E-state index is -0.568. The molecule has 0 bridgehead atoms. The maximum Gasteiger partial charge on any atom is 0.255 e. The number of amides is 1. The van der Waals surface area contributed by atoms with Crippen molar-refractivity contribution >= 4 is 5.91 Å². The molecule has 0 saturated carbocycles. The van der Waals surface area contributed by atoms with E-state index >= 15 is 0 Å². The molecular formula is C19H22FN3O4. The van der Waals surface area contributed by atoms with Crippen LogP contribution in [0.5, 0.6) is 11.6 Å². The van der Waals surface area contributed by atoms with Crippen molar-refractivity contribution in [3.63, 3.8) is 0 Å². The molecule has 0 atom stereocenters. The molecule has 7 nitrogen and oxygen atoms in total. The highest BCUT2D eigenvalue weighted by atomic mass is 19.1. The van der Waals surface area contributed by atoms with E-state index in [1.807, 2.05) is 0 Å². The Morgan fingerprint density at radius 2 is 1.93 bits per heavy atom. The average Bonchev–Trinajstić information content (AvgIpc) is 2.69. The molecule has 1 amide bonds. The van der Waals surface area contributed by atoms with Gasteiger partial charge in [-0.25, -0.2) is 9.37 Å². The first-order valence-corrected chi connectivity index (χ1v) is 8.77. The number of rotatable bonds is 6. The van der Waals surface area contributed by atoms with Gasteiger partial charge in [-0.05, 0) is 23.8 Å². The van der Waals surface area contributed by atoms with Gasteiger partial charge in [0.15, 0.2) is 5.75 Å². The summed E-state index contributed by atoms with van der Waals surface area (Å²) in [5, 5.41) is 22.5. The standard InChI is InChI=1S/C19H22FN3O4/c20-14-3-1-13(2-4-14)12-21-18(25)16-11-15(22-19(26)17(16)24)5-6-23-7-9-27-10-8-23/h1-4,11,24H,5-10,12H2,(H,21,25)(H,22,26). The highest BCUT2D eigenvalue weighted by Gasteiger charge is 2.18. The predicted molar refractivity (Wildman–Crippen MR) is 96.1 cm³/mol. The maximum atomic E-state index is 12.9. The Kier molecular flexibility index (Phi) is 6.20. The lowest BCUT2D eigenvalue weighted by atomic mass is 10.1. The Bertz CT molecular complexity index is 792. The number of carbonyl (C=O) groups is 1. The second kappa shape index (κ2) is 8.79. The fourth-order valence-corrected chi connectivity index (χ4v) is 2.86. The maximum absolute atomic E-state index is 12.9. The highest BCUT2D eigenvalue weighted by Crippen LogP contribution is 2.27. The number of morpholine rings is 1. The number of halogens is 1. The van der Waals surface area contributed by atoms with E-state index in [-0.39, 0.29) is 17.9 Å². The van der Waals surface area contributed by atoms with Gasteiger partial charge in [0.25, 0.3) is 11.8 Å². The van der Waals surface area contributed by atoms with Gasteiger partial charge in [-0.15, -0.1) is 0 Å². The summed E-state index contributed by atoms with van der Waals surface area (Å²) in [6, 6.07) is 7.22. The van der Waals surface area contributed by atoms with Gasteiger partial charge in [-0.1, -0.05) is 12.1 Å². The Balaban J connectivity index is 1.64. The van der Waals surface area contributed by atoms with E-state index in [2.05, 4.69) is 15.2 Å². The molecule has 1 saturated heterocycles. The van der Waals surface area contributed by atoms with Gasteiger partial charge in [0, 0.05) is 38.3 Å². The van der Waals surface area contributed by atoms with Crippen molar-refractivity contribution in [1.82, 2.24) is 15.2 Å². The Labute approximate surface area is 156 Å². The van der Waals surface area contributed by atoms with Crippen LogP contribution in [0.15, 0.2) is 30.3 Å². The van der Waals surface area contributed by atoms with Crippen LogP contribution < -0.4 is 5.32 Å². The van der Waals surface area contributed by atoms with Gasteiger partial charge >= 0.3 is 0 Å². The predicted octanol–water partition coefficient (Wildman–Crippen LogP) is 1.44. The van der Waals surface area contributed by atoms with Crippen LogP contribution in [0.1, 0.15) is 21.6 Å². The van der Waals surface area contributed by atoms with Gasteiger partial charge < -0.3 is 20.3 Å². The van der Waals surface area contributed by atoms with E-state index in [1.54, 1.807) is 12.1 Å². The molecule has 8 heteroatoms. The van der Waals surface area contributed by atoms with Gasteiger partial charge in [0.05, 0.1) is 18.8 Å². The minimum absolute atomic E-state index is 0.0402. The smallest absolute Gasteiger partial charge is 0.255 e. The first kappa shape index (κ1) is 19.1. The zero-order chi connectivity index (χ0) is 19.2. The number of hydrogen-bond acceptors (Lipinski definition) is 6. The lowest BCUT2D eigenvalue weighted by Gasteiger charge is -2.26. The van der Waals surface area contributed by atoms with Gasteiger partial charge in [0.1, 0.15) is 5.82 Å². The van der Waals surface area contributed by atoms with Crippen LogP contribution in [0.2, 0.25) is 0 Å². The van der Waals surface area contributed by atoms with Crippen molar-refractivity contribution in [2.24, 2.45) is 0 Å². The Morgan fingerprint density at radius 1 is 1.22 bits per heavy atom. The van der Waals surface area contributed by atoms with Crippen molar-refractivity contribution in [3.8, 4) is 11.6 Å². The normalized spacial score (nSPS) is 14.9. The third kappa shape index (κ3) is 5.15. The minimum Gasteiger partial charge on any atom is -0.503 e. The van der Waals surface area contributed by atoms with Crippen LogP contribution in [0, 0.1) is 5.82 Å². The zero-order valence-corrected chi connectivity index (χ0v) is 14.8. The Hall–Kier alpha value is -2.71. The molecule has 27 heavy (non-hydrogen) atoms. The molecule has 0 aliphatic carbocycles. The zero-order valence-electron chi connectivity index (χ0n) is 14.8. The van der Waals surface area contributed by atoms with E-state index < -0.39 is 17.5 Å². The number of pyridine rings is 1. The summed E-state index contributed by atoms with van der Waals surface area (Å²) in [6.45, 7) is 3.92. The topological polar surface area (TPSA) is 94.9 Å². The third-order valence-corrected chi connectivity index (χ3v) is 4.43. The molecule has 1 aliphatic heterocycles. The second-order valence-corrected chi connectivity index (χ2v) is 6.35. The van der Waals surface area contributed by atoms with E-state index in [1.165, 1.54) is 18.2 Å². The number of hydrogen-bond donors (Lipinski definition) is 3. The average molecular weight is 375 g/mol. The van der Waals surface area contributed by atoms with Gasteiger partial charge in [0.2, 0.25) is 0 Å². The monoisotopic (exact) mass is 375 g/mol. The van der Waals surface area contributed by atoms with Crippen molar-refractivity contribution in [3.05, 3.63) is 53.0 Å². The van der Waals surface area contributed by atoms with Crippen molar-refractivity contribution in [2.45, 2.75) is 13.0 Å². The SMILES string of the molecule is O=C(NCc1ccc(F)cc1)c1cc(CCN2CCOCC2)nc(O)c1O. The molecule has 2 heterocycles. The molecule has 0 spiro atoms. The summed E-state index contributed by atoms with van der Waals surface area (Å²) >= 11 is 0. The van der Waals surface area contributed by atoms with E-state index in [4.69, 9.17) is 4.74 Å². The fraction of sp³-hybridized carbons (Fsp3) is 0.368. The summed E-state index contributed by atoms with van der Waals surface area (Å²) in [6.07, 6.45) is 0.534. The molecule has 0 radical (unpaired) electrons. The molecule has 1 fully saturated rings. The lowest BCUT2D eigenvalue weighted by molar-refractivity contribution is 0.0383. The first-order valence-electron chi connectivity index (χ1n) is 8.77. The van der Waals surface area contributed by atoms with Crippen LogP contribution in [-0.2, 0) is 17.7 Å². The number of nitrogens with one attached hydrogen (secondary N) is 1. The van der Waals surface area contributed by atoms with Crippen molar-refractivity contribution < 1.29 is 24.1 Å². The van der Waals surface area contributed by atoms with Crippen LogP contribution >= 0.6 is 0 Å². The second-order valence-electron chi connectivity index (χ2n) is 6.35. The highest BCUT2D eigenvalue weighted by molar-refractivity contribution is 5.97. The van der Waals surface area contributed by atoms with Crippen LogP contribution in [0.4, 0.5) is 4.39 Å². The van der Waals surface area contributed by atoms with Crippen LogP contribution in [-0.4, -0.2) is 58.9 Å². The molecule has 1 aromatic heterocycles. The summed E-state index contributed by atoms with van der Waals surface area (Å²) in [4.78, 5) is 18.6. The van der Waals surface area contributed by atoms with Crippen molar-refractivity contribution in [1.29, 1.82) is 0 Å². The van der Waals surface area contributed by atoms with E-state index in [0.29, 0.717) is 25.3 Å². The van der Waals surface area contributed by atoms with Gasteiger partial charge in [-0.3, -0.25) is 9.69 Å². The number of aromatic hydroxyl groups is 2. The summed E-state index contributed by atoms with van der Waals surface area (Å²) in [5.74, 6) is -2.02. The number of carbonyl (C=O) groups excluding carboxylic acids is 1. The summed E-state index contributed by atoms with van der Waals surface area (Å²) in [5.41, 5.74) is 1.19. The number of aromatic nitrogens is 1. The first-order chi connectivity index (χ1) is 13.0. The fourth-order valence-electron chi connectivity index (χ4n) is 2.86. The molecule has 3 N–H and O–H groups in total. The largest absolute Gasteiger partial charge is 0.503 e. The number of nitrogens with zero attached hydrogens (tertiary/aromatic N) is 2. The molecule has 144 valence electrons. The summed E-state index contributed by atoms with van der Waals surface area (Å²) < 4.78 is 18.2. The quantitative estimate of drug-likeness (QED) is 0.707. The van der Waals surface area contributed by atoms with Crippen LogP contribution in [0.3, 0.4) is 0 Å². The van der Waals surface area contributed by atoms with Crippen molar-refractivity contribution in [2.75, 3.05) is 32.8 Å². The van der Waals surface area contributed by atoms with Crippen LogP contribution in [0.25, 0.3) is 0 Å². The van der Waals surface area contributed by atoms with E-state index in [0.717, 1.165) is 25.2 Å². The molecule has 2 aromatic rings. The number of benzene rings is 1. The number of ether oxygens (including phenoxy) is 1. The molecule has 1 aromatic carbocycles. The molecular weight excluding hydrogens is 353 g/mol. The molecule has 3 rings (SSSR count). The van der Waals surface area contributed by atoms with E-state index in [9.17, 15) is 19.4 Å².